The molecule has 0 spiro atoms. The molecule has 1 aromatic heterocycles. The van der Waals surface area contributed by atoms with E-state index in [9.17, 15) is 23.4 Å². The maximum absolute atomic E-state index is 13.0. The molecule has 1 aliphatic carbocycles. The van der Waals surface area contributed by atoms with E-state index in [1.165, 1.54) is 12.1 Å². The Balaban J connectivity index is 1.72. The molecule has 4 aromatic rings. The van der Waals surface area contributed by atoms with Gasteiger partial charge in [0.25, 0.3) is 0 Å². The molecule has 3 aromatic carbocycles. The number of hydrogen-bond donors (Lipinski definition) is 2. The van der Waals surface area contributed by atoms with Crippen LogP contribution in [0.3, 0.4) is 0 Å². The topological polar surface area (TPSA) is 53.4 Å². The quantitative estimate of drug-likeness (QED) is 0.347. The second kappa shape index (κ2) is 6.87. The smallest absolute Gasteiger partial charge is 0.416 e. The number of aromatic nitrogens is 1. The van der Waals surface area contributed by atoms with Crippen LogP contribution in [0.25, 0.3) is 33.6 Å². The molecule has 6 heteroatoms. The van der Waals surface area contributed by atoms with Crippen molar-refractivity contribution in [1.82, 2.24) is 4.98 Å². The highest BCUT2D eigenvalue weighted by molar-refractivity contribution is 5.86. The highest BCUT2D eigenvalue weighted by Crippen LogP contribution is 2.45. The molecule has 0 unspecified atom stereocenters. The van der Waals surface area contributed by atoms with Crippen molar-refractivity contribution in [3.8, 4) is 45.1 Å². The normalized spacial score (nSPS) is 12.5. The zero-order valence-corrected chi connectivity index (χ0v) is 16.1. The van der Waals surface area contributed by atoms with Crippen LogP contribution in [-0.4, -0.2) is 15.2 Å². The molecular formula is C25H16F3NO2. The molecule has 31 heavy (non-hydrogen) atoms. The highest BCUT2D eigenvalue weighted by atomic mass is 19.4. The Morgan fingerprint density at radius 2 is 1.48 bits per heavy atom. The molecule has 3 nitrogen and oxygen atoms in total. The molecule has 0 aliphatic heterocycles. The average molecular weight is 419 g/mol. The number of alkyl halides is 3. The Hall–Kier alpha value is -3.80. The minimum atomic E-state index is -4.41. The number of aromatic hydroxyl groups is 2. The zero-order chi connectivity index (χ0) is 21.8. The van der Waals surface area contributed by atoms with Gasteiger partial charge in [0.15, 0.2) is 0 Å². The number of fused-ring (bicyclic) bond motifs is 3. The maximum atomic E-state index is 13.0. The fourth-order valence-electron chi connectivity index (χ4n) is 4.04. The summed E-state index contributed by atoms with van der Waals surface area (Å²) in [4.78, 5) is 4.75. The predicted molar refractivity (Wildman–Crippen MR) is 112 cm³/mol. The van der Waals surface area contributed by atoms with Crippen molar-refractivity contribution in [1.29, 1.82) is 0 Å². The van der Waals surface area contributed by atoms with E-state index in [2.05, 4.69) is 0 Å². The minimum absolute atomic E-state index is 0.109. The van der Waals surface area contributed by atoms with Crippen molar-refractivity contribution >= 4 is 0 Å². The van der Waals surface area contributed by atoms with Crippen LogP contribution in [-0.2, 0) is 12.6 Å². The van der Waals surface area contributed by atoms with Crippen LogP contribution in [0.1, 0.15) is 16.7 Å². The van der Waals surface area contributed by atoms with E-state index >= 15 is 0 Å². The number of pyridine rings is 1. The molecule has 1 aliphatic rings. The molecule has 0 saturated heterocycles. The van der Waals surface area contributed by atoms with Crippen molar-refractivity contribution in [2.24, 2.45) is 0 Å². The first kappa shape index (κ1) is 19.2. The number of rotatable bonds is 2. The van der Waals surface area contributed by atoms with Gasteiger partial charge in [-0.2, -0.15) is 13.2 Å². The van der Waals surface area contributed by atoms with E-state index in [0.717, 1.165) is 39.9 Å². The van der Waals surface area contributed by atoms with Gasteiger partial charge in [0.2, 0.25) is 0 Å². The minimum Gasteiger partial charge on any atom is -0.508 e. The summed E-state index contributed by atoms with van der Waals surface area (Å²) in [5.74, 6) is 0.283. The van der Waals surface area contributed by atoms with Crippen LogP contribution in [0.2, 0.25) is 0 Å². The number of halogens is 3. The lowest BCUT2D eigenvalue weighted by molar-refractivity contribution is -0.137. The van der Waals surface area contributed by atoms with Crippen LogP contribution in [0.5, 0.6) is 11.5 Å². The first-order chi connectivity index (χ1) is 14.8. The maximum Gasteiger partial charge on any atom is 0.416 e. The molecule has 0 saturated carbocycles. The fourth-order valence-corrected chi connectivity index (χ4v) is 4.04. The molecule has 5 rings (SSSR count). The molecule has 0 radical (unpaired) electrons. The SMILES string of the molecule is Oc1cccc(-c2cc(-c3ccc(C(F)(F)F)cc3)nc3c2Cc2c(O)cccc2-3)c1. The average Bonchev–Trinajstić information content (AvgIpc) is 3.13. The van der Waals surface area contributed by atoms with Gasteiger partial charge in [-0.3, -0.25) is 0 Å². The summed E-state index contributed by atoms with van der Waals surface area (Å²) in [7, 11) is 0. The number of phenolic OH excluding ortho intramolecular Hbond substituents is 2. The van der Waals surface area contributed by atoms with Gasteiger partial charge < -0.3 is 10.2 Å². The van der Waals surface area contributed by atoms with E-state index in [4.69, 9.17) is 4.98 Å². The summed E-state index contributed by atoms with van der Waals surface area (Å²) in [5.41, 5.74) is 5.06. The zero-order valence-electron chi connectivity index (χ0n) is 16.1. The fraction of sp³-hybridized carbons (Fsp3) is 0.0800. The van der Waals surface area contributed by atoms with Crippen molar-refractivity contribution in [2.75, 3.05) is 0 Å². The summed E-state index contributed by atoms with van der Waals surface area (Å²) in [6.45, 7) is 0. The molecule has 0 atom stereocenters. The van der Waals surface area contributed by atoms with Gasteiger partial charge in [-0.05, 0) is 53.1 Å². The summed E-state index contributed by atoms with van der Waals surface area (Å²) in [6, 6.07) is 18.7. The first-order valence-electron chi connectivity index (χ1n) is 9.63. The van der Waals surface area contributed by atoms with Crippen molar-refractivity contribution in [3.05, 3.63) is 89.5 Å². The Labute approximate surface area is 176 Å². The number of hydrogen-bond acceptors (Lipinski definition) is 3. The van der Waals surface area contributed by atoms with Gasteiger partial charge in [-0.25, -0.2) is 4.98 Å². The molecular weight excluding hydrogens is 403 g/mol. The second-order valence-corrected chi connectivity index (χ2v) is 7.49. The number of benzene rings is 3. The van der Waals surface area contributed by atoms with Crippen LogP contribution in [0.4, 0.5) is 13.2 Å². The number of nitrogens with zero attached hydrogens (tertiary/aromatic N) is 1. The monoisotopic (exact) mass is 419 g/mol. The van der Waals surface area contributed by atoms with Crippen LogP contribution >= 0.6 is 0 Å². The number of phenols is 2. The molecule has 0 bridgehead atoms. The van der Waals surface area contributed by atoms with Crippen LogP contribution < -0.4 is 0 Å². The van der Waals surface area contributed by atoms with Gasteiger partial charge >= 0.3 is 6.18 Å². The van der Waals surface area contributed by atoms with Crippen molar-refractivity contribution < 1.29 is 23.4 Å². The Morgan fingerprint density at radius 1 is 0.742 bits per heavy atom. The van der Waals surface area contributed by atoms with Crippen molar-refractivity contribution in [2.45, 2.75) is 12.6 Å². The van der Waals surface area contributed by atoms with Gasteiger partial charge in [-0.15, -0.1) is 0 Å². The lowest BCUT2D eigenvalue weighted by atomic mass is 9.96. The van der Waals surface area contributed by atoms with E-state index in [0.29, 0.717) is 23.4 Å². The largest absolute Gasteiger partial charge is 0.508 e. The summed E-state index contributed by atoms with van der Waals surface area (Å²) < 4.78 is 38.9. The van der Waals surface area contributed by atoms with Gasteiger partial charge in [0.1, 0.15) is 11.5 Å². The molecule has 2 N–H and O–H groups in total. The Kier molecular flexibility index (Phi) is 4.25. The summed E-state index contributed by atoms with van der Waals surface area (Å²) >= 11 is 0. The molecule has 0 amide bonds. The third-order valence-electron chi connectivity index (χ3n) is 5.55. The Morgan fingerprint density at radius 3 is 2.19 bits per heavy atom. The van der Waals surface area contributed by atoms with E-state index in [1.54, 1.807) is 30.3 Å². The van der Waals surface area contributed by atoms with Crippen molar-refractivity contribution in [3.63, 3.8) is 0 Å². The lowest BCUT2D eigenvalue weighted by Crippen LogP contribution is -2.04. The molecule has 154 valence electrons. The standard InChI is InChI=1S/C25H16F3NO2/c26-25(27,28)16-9-7-14(8-10-16)22-13-19(15-3-1-4-17(30)11-15)21-12-20-18(24(21)29-22)5-2-6-23(20)31/h1-11,13,30-31H,12H2. The summed E-state index contributed by atoms with van der Waals surface area (Å²) in [6.07, 6.45) is -3.93. The first-order valence-corrected chi connectivity index (χ1v) is 9.63. The second-order valence-electron chi connectivity index (χ2n) is 7.49. The van der Waals surface area contributed by atoms with Gasteiger partial charge in [0.05, 0.1) is 17.0 Å². The third kappa shape index (κ3) is 3.30. The van der Waals surface area contributed by atoms with Crippen LogP contribution in [0, 0.1) is 0 Å². The predicted octanol–water partition coefficient (Wildman–Crippen LogP) is 6.42. The summed E-state index contributed by atoms with van der Waals surface area (Å²) in [5, 5.41) is 20.3. The van der Waals surface area contributed by atoms with Gasteiger partial charge in [0, 0.05) is 23.1 Å². The highest BCUT2D eigenvalue weighted by Gasteiger charge is 2.30. The van der Waals surface area contributed by atoms with E-state index < -0.39 is 11.7 Å². The Bertz CT molecular complexity index is 1310. The van der Waals surface area contributed by atoms with E-state index in [1.807, 2.05) is 18.2 Å². The van der Waals surface area contributed by atoms with Gasteiger partial charge in [-0.1, -0.05) is 36.4 Å². The van der Waals surface area contributed by atoms with E-state index in [-0.39, 0.29) is 11.5 Å². The molecule has 0 fully saturated rings. The molecule has 1 heterocycles. The lowest BCUT2D eigenvalue weighted by Gasteiger charge is -2.13. The van der Waals surface area contributed by atoms with Crippen LogP contribution in [0.15, 0.2) is 72.8 Å². The third-order valence-corrected chi connectivity index (χ3v) is 5.55.